The van der Waals surface area contributed by atoms with E-state index in [0.29, 0.717) is 11.1 Å². The van der Waals surface area contributed by atoms with E-state index in [4.69, 9.17) is 5.11 Å². The Kier molecular flexibility index (Phi) is 4.69. The van der Waals surface area contributed by atoms with E-state index in [1.807, 2.05) is 37.3 Å². The Morgan fingerprint density at radius 2 is 1.77 bits per heavy atom. The van der Waals surface area contributed by atoms with Crippen molar-refractivity contribution in [1.29, 1.82) is 0 Å². The topological polar surface area (TPSA) is 54.4 Å². The van der Waals surface area contributed by atoms with Crippen molar-refractivity contribution < 1.29 is 14.7 Å². The Bertz CT molecular complexity index is 756. The normalized spacial score (nSPS) is 10.6. The first-order chi connectivity index (χ1) is 10.5. The molecule has 22 heavy (non-hydrogen) atoms. The molecule has 2 rings (SSSR count). The van der Waals surface area contributed by atoms with Gasteiger partial charge in [-0.25, -0.2) is 4.79 Å². The molecule has 0 amide bonds. The Morgan fingerprint density at radius 1 is 1.09 bits per heavy atom. The van der Waals surface area contributed by atoms with Gasteiger partial charge in [-0.2, -0.15) is 0 Å². The molecular weight excluding hydrogens is 276 g/mol. The van der Waals surface area contributed by atoms with E-state index < -0.39 is 5.97 Å². The van der Waals surface area contributed by atoms with Crippen LogP contribution < -0.4 is 0 Å². The van der Waals surface area contributed by atoms with Crippen molar-refractivity contribution in [2.45, 2.75) is 6.92 Å². The second-order valence-electron chi connectivity index (χ2n) is 4.92. The standard InChI is InChI=1S/C19H16O3/c1-13-12-15(9-11-18(20)21)8-10-17(13)19(22)14(2)16-6-4-3-5-7-16/h3-12H,2H2,1H3,(H,20,21). The molecule has 0 bridgehead atoms. The van der Waals surface area contributed by atoms with Crippen LogP contribution in [0.25, 0.3) is 11.6 Å². The van der Waals surface area contributed by atoms with E-state index >= 15 is 0 Å². The first-order valence-electron chi connectivity index (χ1n) is 6.79. The molecule has 0 aromatic heterocycles. The van der Waals surface area contributed by atoms with Gasteiger partial charge < -0.3 is 5.11 Å². The zero-order chi connectivity index (χ0) is 16.1. The molecule has 0 saturated carbocycles. The highest BCUT2D eigenvalue weighted by molar-refractivity contribution is 6.28. The van der Waals surface area contributed by atoms with Crippen molar-refractivity contribution in [3.63, 3.8) is 0 Å². The summed E-state index contributed by atoms with van der Waals surface area (Å²) >= 11 is 0. The molecular formula is C19H16O3. The Labute approximate surface area is 129 Å². The second kappa shape index (κ2) is 6.68. The van der Waals surface area contributed by atoms with Crippen LogP contribution in [0.3, 0.4) is 0 Å². The molecule has 0 aliphatic carbocycles. The van der Waals surface area contributed by atoms with Crippen LogP contribution in [-0.4, -0.2) is 16.9 Å². The van der Waals surface area contributed by atoms with Gasteiger partial charge in [-0.15, -0.1) is 0 Å². The number of rotatable bonds is 5. The highest BCUT2D eigenvalue weighted by atomic mass is 16.4. The van der Waals surface area contributed by atoms with Gasteiger partial charge in [0.25, 0.3) is 0 Å². The molecule has 0 atom stereocenters. The summed E-state index contributed by atoms with van der Waals surface area (Å²) in [6.45, 7) is 5.71. The SMILES string of the molecule is C=C(C(=O)c1ccc(C=CC(=O)O)cc1C)c1ccccc1. The summed E-state index contributed by atoms with van der Waals surface area (Å²) in [5.74, 6) is -1.13. The number of ketones is 1. The molecule has 0 saturated heterocycles. The van der Waals surface area contributed by atoms with Crippen LogP contribution in [-0.2, 0) is 4.79 Å². The number of benzene rings is 2. The fourth-order valence-corrected chi connectivity index (χ4v) is 2.15. The van der Waals surface area contributed by atoms with Crippen molar-refractivity contribution in [3.8, 4) is 0 Å². The van der Waals surface area contributed by atoms with Crippen LogP contribution in [0.4, 0.5) is 0 Å². The maximum atomic E-state index is 12.5. The highest BCUT2D eigenvalue weighted by Gasteiger charge is 2.14. The summed E-state index contributed by atoms with van der Waals surface area (Å²) in [6.07, 6.45) is 2.56. The van der Waals surface area contributed by atoms with Crippen LogP contribution in [0.5, 0.6) is 0 Å². The fourth-order valence-electron chi connectivity index (χ4n) is 2.15. The quantitative estimate of drug-likeness (QED) is 0.669. The third kappa shape index (κ3) is 3.58. The van der Waals surface area contributed by atoms with Gasteiger partial charge in [0.05, 0.1) is 0 Å². The Morgan fingerprint density at radius 3 is 2.36 bits per heavy atom. The van der Waals surface area contributed by atoms with Gasteiger partial charge in [0, 0.05) is 17.2 Å². The van der Waals surface area contributed by atoms with E-state index in [0.717, 1.165) is 22.8 Å². The fraction of sp³-hybridized carbons (Fsp3) is 0.0526. The van der Waals surface area contributed by atoms with Crippen LogP contribution >= 0.6 is 0 Å². The average molecular weight is 292 g/mol. The van der Waals surface area contributed by atoms with E-state index in [1.54, 1.807) is 18.2 Å². The maximum Gasteiger partial charge on any atom is 0.328 e. The van der Waals surface area contributed by atoms with E-state index in [-0.39, 0.29) is 5.78 Å². The first-order valence-corrected chi connectivity index (χ1v) is 6.79. The molecule has 3 heteroatoms. The number of carboxylic acids is 1. The summed E-state index contributed by atoms with van der Waals surface area (Å²) in [6, 6.07) is 14.5. The molecule has 0 aliphatic rings. The molecule has 0 aliphatic heterocycles. The smallest absolute Gasteiger partial charge is 0.328 e. The second-order valence-corrected chi connectivity index (χ2v) is 4.92. The molecule has 2 aromatic rings. The summed E-state index contributed by atoms with van der Waals surface area (Å²) in [5.41, 5.74) is 3.33. The first kappa shape index (κ1) is 15.4. The van der Waals surface area contributed by atoms with Crippen molar-refractivity contribution in [1.82, 2.24) is 0 Å². The lowest BCUT2D eigenvalue weighted by Crippen LogP contribution is -2.04. The number of aliphatic carboxylic acids is 1. The summed E-state index contributed by atoms with van der Waals surface area (Å²) in [7, 11) is 0. The number of aryl methyl sites for hydroxylation is 1. The Hall–Kier alpha value is -2.94. The van der Waals surface area contributed by atoms with Crippen molar-refractivity contribution in [2.24, 2.45) is 0 Å². The van der Waals surface area contributed by atoms with Crippen LogP contribution in [0.15, 0.2) is 61.2 Å². The third-order valence-corrected chi connectivity index (χ3v) is 3.31. The largest absolute Gasteiger partial charge is 0.478 e. The summed E-state index contributed by atoms with van der Waals surface area (Å²) in [4.78, 5) is 23.1. The van der Waals surface area contributed by atoms with Gasteiger partial charge in [-0.1, -0.05) is 55.1 Å². The van der Waals surface area contributed by atoms with Crippen LogP contribution in [0, 0.1) is 6.92 Å². The molecule has 2 aromatic carbocycles. The molecule has 1 N–H and O–H groups in total. The van der Waals surface area contributed by atoms with Gasteiger partial charge in [-0.05, 0) is 29.7 Å². The third-order valence-electron chi connectivity index (χ3n) is 3.31. The molecule has 0 unspecified atom stereocenters. The van der Waals surface area contributed by atoms with Gasteiger partial charge in [-0.3, -0.25) is 4.79 Å². The molecule has 3 nitrogen and oxygen atoms in total. The molecule has 0 radical (unpaired) electrons. The number of Topliss-reactive ketones (excluding diaryl/α,β-unsaturated/α-hetero) is 1. The zero-order valence-electron chi connectivity index (χ0n) is 12.2. The monoisotopic (exact) mass is 292 g/mol. The minimum absolute atomic E-state index is 0.127. The molecule has 110 valence electrons. The van der Waals surface area contributed by atoms with E-state index in [1.165, 1.54) is 6.08 Å². The average Bonchev–Trinajstić information content (AvgIpc) is 2.52. The lowest BCUT2D eigenvalue weighted by atomic mass is 9.94. The minimum atomic E-state index is -1.00. The maximum absolute atomic E-state index is 12.5. The number of allylic oxidation sites excluding steroid dienone is 1. The summed E-state index contributed by atoms with van der Waals surface area (Å²) in [5, 5.41) is 8.63. The Balaban J connectivity index is 2.27. The van der Waals surface area contributed by atoms with Gasteiger partial charge in [0.15, 0.2) is 5.78 Å². The minimum Gasteiger partial charge on any atom is -0.478 e. The molecule has 0 spiro atoms. The van der Waals surface area contributed by atoms with Gasteiger partial charge >= 0.3 is 5.97 Å². The van der Waals surface area contributed by atoms with E-state index in [2.05, 4.69) is 6.58 Å². The lowest BCUT2D eigenvalue weighted by molar-refractivity contribution is -0.131. The summed E-state index contributed by atoms with van der Waals surface area (Å²) < 4.78 is 0. The number of carboxylic acid groups (broad SMARTS) is 1. The van der Waals surface area contributed by atoms with E-state index in [9.17, 15) is 9.59 Å². The lowest BCUT2D eigenvalue weighted by Gasteiger charge is -2.09. The van der Waals surface area contributed by atoms with Crippen molar-refractivity contribution in [3.05, 3.63) is 83.4 Å². The number of carbonyl (C=O) groups excluding carboxylic acids is 1. The number of hydrogen-bond donors (Lipinski definition) is 1. The van der Waals surface area contributed by atoms with Crippen LogP contribution in [0.2, 0.25) is 0 Å². The molecule has 0 fully saturated rings. The number of carbonyl (C=O) groups is 2. The van der Waals surface area contributed by atoms with Crippen molar-refractivity contribution >= 4 is 23.4 Å². The zero-order valence-corrected chi connectivity index (χ0v) is 12.2. The number of hydrogen-bond acceptors (Lipinski definition) is 2. The van der Waals surface area contributed by atoms with Crippen molar-refractivity contribution in [2.75, 3.05) is 0 Å². The predicted molar refractivity (Wildman–Crippen MR) is 87.7 cm³/mol. The van der Waals surface area contributed by atoms with Gasteiger partial charge in [0.2, 0.25) is 0 Å². The van der Waals surface area contributed by atoms with Crippen LogP contribution in [0.1, 0.15) is 27.0 Å². The van der Waals surface area contributed by atoms with Gasteiger partial charge in [0.1, 0.15) is 0 Å². The highest BCUT2D eigenvalue weighted by Crippen LogP contribution is 2.21. The predicted octanol–water partition coefficient (Wildman–Crippen LogP) is 3.99. The molecule has 0 heterocycles.